The molecule has 3 unspecified atom stereocenters. The Bertz CT molecular complexity index is 878. The molecule has 6 nitrogen and oxygen atoms in total. The van der Waals surface area contributed by atoms with E-state index in [-0.39, 0.29) is 24.9 Å². The number of esters is 1. The summed E-state index contributed by atoms with van der Waals surface area (Å²) in [5.41, 5.74) is 0. The Labute approximate surface area is 361 Å². The Morgan fingerprint density at radius 2 is 0.828 bits per heavy atom. The molecule has 0 aliphatic carbocycles. The second-order valence-electron chi connectivity index (χ2n) is 17.9. The van der Waals surface area contributed by atoms with E-state index in [9.17, 15) is 19.8 Å². The summed E-state index contributed by atoms with van der Waals surface area (Å²) in [5, 5.41) is 23.8. The van der Waals surface area contributed by atoms with Crippen molar-refractivity contribution in [3.63, 3.8) is 0 Å². The lowest BCUT2D eigenvalue weighted by molar-refractivity contribution is -0.151. The second-order valence-corrected chi connectivity index (χ2v) is 17.9. The van der Waals surface area contributed by atoms with Crippen molar-refractivity contribution in [3.8, 4) is 0 Å². The van der Waals surface area contributed by atoms with E-state index in [1.165, 1.54) is 186 Å². The lowest BCUT2D eigenvalue weighted by Crippen LogP contribution is -2.46. The average Bonchev–Trinajstić information content (AvgIpc) is 3.22. The minimum atomic E-state index is -0.783. The third kappa shape index (κ3) is 41.3. The van der Waals surface area contributed by atoms with Crippen LogP contribution in [0, 0.1) is 0 Å². The highest BCUT2D eigenvalue weighted by Crippen LogP contribution is 2.18. The summed E-state index contributed by atoms with van der Waals surface area (Å²) in [5.74, 6) is -0.476. The fourth-order valence-electron chi connectivity index (χ4n) is 8.13. The Morgan fingerprint density at radius 3 is 1.22 bits per heavy atom. The van der Waals surface area contributed by atoms with Crippen LogP contribution in [-0.4, -0.2) is 46.9 Å². The van der Waals surface area contributed by atoms with Gasteiger partial charge in [-0.15, -0.1) is 0 Å². The van der Waals surface area contributed by atoms with E-state index in [1.54, 1.807) is 0 Å². The Hall–Kier alpha value is -1.40. The molecule has 0 aromatic rings. The van der Waals surface area contributed by atoms with E-state index in [4.69, 9.17) is 4.74 Å². The summed E-state index contributed by atoms with van der Waals surface area (Å²) in [7, 11) is 0. The van der Waals surface area contributed by atoms with Crippen molar-refractivity contribution in [3.05, 3.63) is 12.2 Å². The summed E-state index contributed by atoms with van der Waals surface area (Å²) >= 11 is 0. The number of rotatable bonds is 47. The molecule has 3 atom stereocenters. The minimum absolute atomic E-state index is 0.0786. The minimum Gasteiger partial charge on any atom is -0.462 e. The van der Waals surface area contributed by atoms with Gasteiger partial charge in [0.1, 0.15) is 6.10 Å². The number of amides is 1. The van der Waals surface area contributed by atoms with Crippen molar-refractivity contribution in [2.24, 2.45) is 0 Å². The summed E-state index contributed by atoms with van der Waals surface area (Å²) in [4.78, 5) is 26.1. The Kier molecular flexibility index (Phi) is 45.5. The lowest BCUT2D eigenvalue weighted by atomic mass is 10.0. The molecule has 0 aliphatic rings. The number of carbonyl (C=O) groups is 2. The lowest BCUT2D eigenvalue weighted by Gasteiger charge is -2.24. The van der Waals surface area contributed by atoms with Crippen LogP contribution in [0.5, 0.6) is 0 Å². The number of aliphatic hydroxyl groups is 2. The molecule has 0 fully saturated rings. The molecule has 0 bridgehead atoms. The first-order valence-corrected chi connectivity index (χ1v) is 25.9. The van der Waals surface area contributed by atoms with Crippen molar-refractivity contribution in [1.82, 2.24) is 5.32 Å². The monoisotopic (exact) mass is 820 g/mol. The highest BCUT2D eigenvalue weighted by atomic mass is 16.5. The van der Waals surface area contributed by atoms with Crippen molar-refractivity contribution in [1.29, 1.82) is 0 Å². The van der Waals surface area contributed by atoms with Crippen molar-refractivity contribution >= 4 is 11.9 Å². The fraction of sp³-hybridized carbons (Fsp3) is 0.923. The van der Waals surface area contributed by atoms with Gasteiger partial charge in [-0.1, -0.05) is 232 Å². The number of allylic oxidation sites excluding steroid dienone is 2. The third-order valence-corrected chi connectivity index (χ3v) is 12.1. The van der Waals surface area contributed by atoms with Gasteiger partial charge in [0.2, 0.25) is 5.91 Å². The number of carbonyl (C=O) groups excluding carboxylic acids is 2. The zero-order valence-electron chi connectivity index (χ0n) is 39.2. The van der Waals surface area contributed by atoms with Crippen molar-refractivity contribution < 1.29 is 24.5 Å². The van der Waals surface area contributed by atoms with Crippen LogP contribution >= 0.6 is 0 Å². The van der Waals surface area contributed by atoms with Gasteiger partial charge in [-0.3, -0.25) is 9.59 Å². The molecule has 344 valence electrons. The molecule has 0 spiro atoms. The summed E-state index contributed by atoms with van der Waals surface area (Å²) in [6.45, 7) is 6.49. The number of hydrogen-bond acceptors (Lipinski definition) is 5. The first-order chi connectivity index (χ1) is 28.5. The van der Waals surface area contributed by atoms with E-state index >= 15 is 0 Å². The summed E-state index contributed by atoms with van der Waals surface area (Å²) in [6, 6.07) is -0.697. The van der Waals surface area contributed by atoms with E-state index in [0.717, 1.165) is 51.4 Å². The van der Waals surface area contributed by atoms with Crippen LogP contribution in [0.15, 0.2) is 12.2 Å². The number of ether oxygens (including phenoxy) is 1. The zero-order valence-corrected chi connectivity index (χ0v) is 39.2. The van der Waals surface area contributed by atoms with Crippen LogP contribution in [0.25, 0.3) is 0 Å². The molecule has 1 amide bonds. The predicted molar refractivity (Wildman–Crippen MR) is 250 cm³/mol. The van der Waals surface area contributed by atoms with E-state index in [0.29, 0.717) is 19.3 Å². The molecule has 0 aromatic carbocycles. The van der Waals surface area contributed by atoms with Gasteiger partial charge in [0.25, 0.3) is 0 Å². The van der Waals surface area contributed by atoms with E-state index in [1.807, 2.05) is 0 Å². The van der Waals surface area contributed by atoms with E-state index in [2.05, 4.69) is 38.2 Å². The number of hydrogen-bond donors (Lipinski definition) is 3. The molecule has 0 aliphatic heterocycles. The molecule has 6 heteroatoms. The van der Waals surface area contributed by atoms with Gasteiger partial charge in [0.15, 0.2) is 0 Å². The molecule has 3 N–H and O–H groups in total. The molecule has 0 aromatic heterocycles. The van der Waals surface area contributed by atoms with Crippen LogP contribution in [0.1, 0.15) is 284 Å². The maximum absolute atomic E-state index is 13.2. The van der Waals surface area contributed by atoms with Gasteiger partial charge in [0, 0.05) is 6.42 Å². The third-order valence-electron chi connectivity index (χ3n) is 12.1. The molecule has 0 saturated heterocycles. The summed E-state index contributed by atoms with van der Waals surface area (Å²) < 4.78 is 5.92. The molecule has 0 saturated carbocycles. The van der Waals surface area contributed by atoms with Crippen LogP contribution < -0.4 is 5.32 Å². The molecule has 0 rings (SSSR count). The second kappa shape index (κ2) is 46.7. The summed E-state index contributed by atoms with van der Waals surface area (Å²) in [6.07, 6.45) is 51.2. The highest BCUT2D eigenvalue weighted by Gasteiger charge is 2.24. The number of nitrogens with one attached hydrogen (secondary N) is 1. The SMILES string of the molecule is CCCCCCCCC/C=C\CCCCCC(=O)OC(CCCCCCCCCCCCCC)CC(=O)NC(CO)C(O)CCCCCCCCCCCCCCC. The largest absolute Gasteiger partial charge is 0.462 e. The first kappa shape index (κ1) is 56.6. The Balaban J connectivity index is 4.54. The van der Waals surface area contributed by atoms with E-state index < -0.39 is 18.2 Å². The number of aliphatic hydroxyl groups excluding tert-OH is 2. The maximum atomic E-state index is 13.2. The van der Waals surface area contributed by atoms with Crippen LogP contribution in [0.4, 0.5) is 0 Å². The molecule has 0 radical (unpaired) electrons. The average molecular weight is 820 g/mol. The van der Waals surface area contributed by atoms with Crippen LogP contribution in [-0.2, 0) is 14.3 Å². The molecule has 58 heavy (non-hydrogen) atoms. The van der Waals surface area contributed by atoms with Crippen LogP contribution in [0.2, 0.25) is 0 Å². The first-order valence-electron chi connectivity index (χ1n) is 25.9. The quantitative estimate of drug-likeness (QED) is 0.0323. The zero-order chi connectivity index (χ0) is 42.4. The van der Waals surface area contributed by atoms with Gasteiger partial charge in [-0.25, -0.2) is 0 Å². The predicted octanol–water partition coefficient (Wildman–Crippen LogP) is 15.3. The molecular weight excluding hydrogens is 719 g/mol. The van der Waals surface area contributed by atoms with Crippen molar-refractivity contribution in [2.45, 2.75) is 302 Å². The molecule has 0 heterocycles. The van der Waals surface area contributed by atoms with Gasteiger partial charge >= 0.3 is 5.97 Å². The maximum Gasteiger partial charge on any atom is 0.306 e. The number of unbranched alkanes of at least 4 members (excludes halogenated alkanes) is 33. The molecular formula is C52H101NO5. The van der Waals surface area contributed by atoms with Gasteiger partial charge < -0.3 is 20.3 Å². The van der Waals surface area contributed by atoms with Gasteiger partial charge in [-0.2, -0.15) is 0 Å². The van der Waals surface area contributed by atoms with Crippen LogP contribution in [0.3, 0.4) is 0 Å². The Morgan fingerprint density at radius 1 is 0.483 bits per heavy atom. The highest BCUT2D eigenvalue weighted by molar-refractivity contribution is 5.77. The smallest absolute Gasteiger partial charge is 0.306 e. The van der Waals surface area contributed by atoms with Gasteiger partial charge in [-0.05, 0) is 51.4 Å². The topological polar surface area (TPSA) is 95.9 Å². The normalized spacial score (nSPS) is 13.3. The van der Waals surface area contributed by atoms with Crippen molar-refractivity contribution in [2.75, 3.05) is 6.61 Å². The van der Waals surface area contributed by atoms with Gasteiger partial charge in [0.05, 0.1) is 25.2 Å². The fourth-order valence-corrected chi connectivity index (χ4v) is 8.13. The standard InChI is InChI=1S/C52H101NO5/c1-4-7-10-13-16-19-22-25-27-30-33-36-39-42-45-52(57)58-48(43-40-37-34-31-28-24-21-18-15-12-9-6-3)46-51(56)53-49(47-54)50(55)44-41-38-35-32-29-26-23-20-17-14-11-8-5-2/h27,30,48-50,54-55H,4-26,28-29,31-47H2,1-3H3,(H,53,56)/b30-27-.